The van der Waals surface area contributed by atoms with Crippen molar-refractivity contribution in [3.05, 3.63) is 64.3 Å². The highest BCUT2D eigenvalue weighted by Crippen LogP contribution is 2.32. The highest BCUT2D eigenvalue weighted by atomic mass is 32.1. The Morgan fingerprint density at radius 1 is 1.18 bits per heavy atom. The molecule has 142 valence electrons. The molecule has 0 unspecified atom stereocenters. The monoisotopic (exact) mass is 395 g/mol. The number of anilines is 2. The van der Waals surface area contributed by atoms with Gasteiger partial charge in [-0.05, 0) is 61.4 Å². The lowest BCUT2D eigenvalue weighted by molar-refractivity contribution is -0.116. The molecule has 0 radical (unpaired) electrons. The first-order chi connectivity index (χ1) is 13.4. The minimum atomic E-state index is -0.301. The van der Waals surface area contributed by atoms with Gasteiger partial charge in [-0.2, -0.15) is 0 Å². The van der Waals surface area contributed by atoms with Crippen molar-refractivity contribution >= 4 is 34.0 Å². The van der Waals surface area contributed by atoms with Crippen molar-refractivity contribution in [1.29, 1.82) is 0 Å². The van der Waals surface area contributed by atoms with Gasteiger partial charge in [0.15, 0.2) is 5.13 Å². The fraction of sp³-hybridized carbons (Fsp3) is 0.190. The first kappa shape index (κ1) is 18.3. The van der Waals surface area contributed by atoms with Crippen molar-refractivity contribution in [3.63, 3.8) is 0 Å². The number of aryl methyl sites for hydroxylation is 1. The van der Waals surface area contributed by atoms with E-state index in [1.54, 1.807) is 30.0 Å². The van der Waals surface area contributed by atoms with Crippen LogP contribution in [0.5, 0.6) is 0 Å². The molecule has 2 aromatic carbocycles. The zero-order chi connectivity index (χ0) is 19.8. The normalized spacial score (nSPS) is 12.8. The molecule has 7 heteroatoms. The van der Waals surface area contributed by atoms with E-state index in [1.165, 1.54) is 23.5 Å². The molecule has 2 amide bonds. The van der Waals surface area contributed by atoms with Crippen LogP contribution in [0.4, 0.5) is 15.2 Å². The Kier molecular flexibility index (Phi) is 4.68. The lowest BCUT2D eigenvalue weighted by Crippen LogP contribution is -2.25. The molecule has 5 nitrogen and oxygen atoms in total. The van der Waals surface area contributed by atoms with Gasteiger partial charge in [-0.1, -0.05) is 0 Å². The van der Waals surface area contributed by atoms with Crippen LogP contribution in [0.3, 0.4) is 0 Å². The molecule has 28 heavy (non-hydrogen) atoms. The number of rotatable bonds is 3. The molecule has 1 aliphatic heterocycles. The summed E-state index contributed by atoms with van der Waals surface area (Å²) >= 11 is 1.38. The molecule has 0 saturated carbocycles. The van der Waals surface area contributed by atoms with Gasteiger partial charge in [0, 0.05) is 35.2 Å². The number of nitrogens with one attached hydrogen (secondary N) is 1. The number of carbonyl (C=O) groups is 2. The third-order valence-corrected chi connectivity index (χ3v) is 5.64. The smallest absolute Gasteiger partial charge is 0.257 e. The Labute approximate surface area is 165 Å². The molecule has 1 aliphatic rings. The van der Waals surface area contributed by atoms with Crippen LogP contribution in [0, 0.1) is 12.7 Å². The van der Waals surface area contributed by atoms with E-state index in [1.807, 2.05) is 19.1 Å². The maximum Gasteiger partial charge on any atom is 0.257 e. The molecular weight excluding hydrogens is 377 g/mol. The molecule has 0 aliphatic carbocycles. The Morgan fingerprint density at radius 2 is 1.93 bits per heavy atom. The van der Waals surface area contributed by atoms with Crippen LogP contribution in [0.25, 0.3) is 11.3 Å². The molecule has 0 spiro atoms. The van der Waals surface area contributed by atoms with Crippen LogP contribution >= 0.6 is 11.3 Å². The lowest BCUT2D eigenvalue weighted by atomic mass is 10.1. The number of hydrogen-bond acceptors (Lipinski definition) is 4. The van der Waals surface area contributed by atoms with Crippen LogP contribution in [0.15, 0.2) is 42.5 Å². The quantitative estimate of drug-likeness (QED) is 0.714. The molecule has 0 fully saturated rings. The summed E-state index contributed by atoms with van der Waals surface area (Å²) in [5, 5.41) is 3.33. The van der Waals surface area contributed by atoms with Gasteiger partial charge in [-0.25, -0.2) is 9.37 Å². The zero-order valence-electron chi connectivity index (χ0n) is 15.5. The number of benzene rings is 2. The van der Waals surface area contributed by atoms with Crippen LogP contribution in [-0.2, 0) is 11.2 Å². The van der Waals surface area contributed by atoms with Crippen LogP contribution in [0.2, 0.25) is 0 Å². The molecule has 4 rings (SSSR count). The third kappa shape index (κ3) is 3.41. The summed E-state index contributed by atoms with van der Waals surface area (Å²) in [6.07, 6.45) is 0.737. The minimum absolute atomic E-state index is 0.00235. The molecule has 0 bridgehead atoms. The van der Waals surface area contributed by atoms with Crippen molar-refractivity contribution < 1.29 is 14.0 Å². The summed E-state index contributed by atoms with van der Waals surface area (Å²) in [6, 6.07) is 11.5. The highest BCUT2D eigenvalue weighted by Gasteiger charge is 2.23. The van der Waals surface area contributed by atoms with Crippen molar-refractivity contribution in [3.8, 4) is 11.3 Å². The molecule has 0 saturated heterocycles. The van der Waals surface area contributed by atoms with E-state index in [9.17, 15) is 14.0 Å². The van der Waals surface area contributed by atoms with Crippen molar-refractivity contribution in [2.75, 3.05) is 16.8 Å². The van der Waals surface area contributed by atoms with Crippen molar-refractivity contribution in [1.82, 2.24) is 4.98 Å². The summed E-state index contributed by atoms with van der Waals surface area (Å²) in [6.45, 7) is 4.10. The van der Waals surface area contributed by atoms with Crippen LogP contribution < -0.4 is 10.2 Å². The van der Waals surface area contributed by atoms with Gasteiger partial charge in [0.1, 0.15) is 5.82 Å². The van der Waals surface area contributed by atoms with E-state index < -0.39 is 0 Å². The molecule has 1 aromatic heterocycles. The zero-order valence-corrected chi connectivity index (χ0v) is 16.3. The highest BCUT2D eigenvalue weighted by molar-refractivity contribution is 7.16. The number of aromatic nitrogens is 1. The van der Waals surface area contributed by atoms with Crippen LogP contribution in [0.1, 0.15) is 27.7 Å². The largest absolute Gasteiger partial charge is 0.312 e. The molecule has 3 aromatic rings. The maximum absolute atomic E-state index is 13.1. The molecule has 0 atom stereocenters. The van der Waals surface area contributed by atoms with Crippen molar-refractivity contribution in [2.24, 2.45) is 0 Å². The van der Waals surface area contributed by atoms with Gasteiger partial charge >= 0.3 is 0 Å². The predicted molar refractivity (Wildman–Crippen MR) is 108 cm³/mol. The summed E-state index contributed by atoms with van der Waals surface area (Å²) in [4.78, 5) is 31.5. The average molecular weight is 395 g/mol. The summed E-state index contributed by atoms with van der Waals surface area (Å²) < 4.78 is 13.1. The number of hydrogen-bond donors (Lipinski definition) is 1. The van der Waals surface area contributed by atoms with E-state index >= 15 is 0 Å². The summed E-state index contributed by atoms with van der Waals surface area (Å²) in [5.41, 5.74) is 3.92. The number of halogens is 1. The number of nitrogens with zero attached hydrogens (tertiary/aromatic N) is 2. The lowest BCUT2D eigenvalue weighted by Gasteiger charge is -2.14. The summed E-state index contributed by atoms with van der Waals surface area (Å²) in [7, 11) is 0. The van der Waals surface area contributed by atoms with E-state index in [-0.39, 0.29) is 17.6 Å². The minimum Gasteiger partial charge on any atom is -0.312 e. The van der Waals surface area contributed by atoms with Gasteiger partial charge in [-0.3, -0.25) is 14.9 Å². The van der Waals surface area contributed by atoms with Crippen LogP contribution in [-0.4, -0.2) is 23.3 Å². The SMILES string of the molecule is CC(=O)N1CCc2cc(C(=O)Nc3nc(-c4ccc(F)cc4)c(C)s3)ccc21. The average Bonchev–Trinajstić information content (AvgIpc) is 3.25. The molecular formula is C21H18FN3O2S. The number of amides is 2. The Bertz CT molecular complexity index is 1080. The van der Waals surface area contributed by atoms with E-state index in [4.69, 9.17) is 0 Å². The second kappa shape index (κ2) is 7.16. The third-order valence-electron chi connectivity index (χ3n) is 4.75. The predicted octanol–water partition coefficient (Wildman–Crippen LogP) is 4.42. The van der Waals surface area contributed by atoms with Gasteiger partial charge in [0.05, 0.1) is 5.69 Å². The Hall–Kier alpha value is -3.06. The standard InChI is InChI=1S/C21H18FN3O2S/c1-12-19(14-3-6-17(22)7-4-14)23-21(28-12)24-20(27)16-5-8-18-15(11-16)9-10-25(18)13(2)26/h3-8,11H,9-10H2,1-2H3,(H,23,24,27). The number of carbonyl (C=O) groups excluding carboxylic acids is 2. The van der Waals surface area contributed by atoms with Gasteiger partial charge in [-0.15, -0.1) is 11.3 Å². The van der Waals surface area contributed by atoms with E-state index in [0.29, 0.717) is 17.2 Å². The van der Waals surface area contributed by atoms with E-state index in [0.717, 1.165) is 33.8 Å². The Morgan fingerprint density at radius 3 is 2.64 bits per heavy atom. The summed E-state index contributed by atoms with van der Waals surface area (Å²) in [5.74, 6) is -0.545. The first-order valence-corrected chi connectivity index (χ1v) is 9.70. The van der Waals surface area contributed by atoms with Gasteiger partial charge < -0.3 is 4.90 Å². The fourth-order valence-electron chi connectivity index (χ4n) is 3.36. The second-order valence-electron chi connectivity index (χ2n) is 6.65. The second-order valence-corrected chi connectivity index (χ2v) is 7.85. The maximum atomic E-state index is 13.1. The fourth-order valence-corrected chi connectivity index (χ4v) is 4.20. The van der Waals surface area contributed by atoms with Gasteiger partial charge in [0.25, 0.3) is 5.91 Å². The number of fused-ring (bicyclic) bond motifs is 1. The first-order valence-electron chi connectivity index (χ1n) is 8.88. The topological polar surface area (TPSA) is 62.3 Å². The van der Waals surface area contributed by atoms with Gasteiger partial charge in [0.2, 0.25) is 5.91 Å². The number of thiazole rings is 1. The molecule has 2 heterocycles. The molecule has 1 N–H and O–H groups in total. The van der Waals surface area contributed by atoms with E-state index in [2.05, 4.69) is 10.3 Å². The Balaban J connectivity index is 1.54. The van der Waals surface area contributed by atoms with Crippen molar-refractivity contribution in [2.45, 2.75) is 20.3 Å².